The van der Waals surface area contributed by atoms with E-state index in [1.54, 1.807) is 19.2 Å². The molecule has 1 saturated heterocycles. The van der Waals surface area contributed by atoms with Crippen LogP contribution in [-0.2, 0) is 16.2 Å². The van der Waals surface area contributed by atoms with Gasteiger partial charge in [0.15, 0.2) is 11.5 Å². The van der Waals surface area contributed by atoms with Crippen molar-refractivity contribution in [1.29, 1.82) is 0 Å². The summed E-state index contributed by atoms with van der Waals surface area (Å²) in [5, 5.41) is 6.02. The molecule has 0 N–H and O–H groups in total. The van der Waals surface area contributed by atoms with Crippen LogP contribution in [0.15, 0.2) is 59.7 Å². The topological polar surface area (TPSA) is 68.2 Å². The molecule has 6 nitrogen and oxygen atoms in total. The number of benzene rings is 2. The minimum Gasteiger partial charge on any atom is -0.493 e. The van der Waals surface area contributed by atoms with Crippen molar-refractivity contribution < 1.29 is 19.1 Å². The number of hydrogen-bond donors (Lipinski definition) is 0. The molecule has 2 aromatic carbocycles. The van der Waals surface area contributed by atoms with Crippen molar-refractivity contribution in [2.75, 3.05) is 7.11 Å². The van der Waals surface area contributed by atoms with E-state index in [4.69, 9.17) is 21.1 Å². The van der Waals surface area contributed by atoms with Crippen molar-refractivity contribution >= 4 is 29.6 Å². The molecule has 0 aromatic heterocycles. The predicted octanol–water partition coefficient (Wildman–Crippen LogP) is 4.31. The second kappa shape index (κ2) is 7.73. The van der Waals surface area contributed by atoms with Crippen molar-refractivity contribution in [3.63, 3.8) is 0 Å². The summed E-state index contributed by atoms with van der Waals surface area (Å²) in [7, 11) is 1.56. The SMILES string of the molecule is COc1cc(/C=N/N2C(=O)[C@@H]3[C@@H]4C=C[C@H]([C@H]5C[C@H]45)[C@@H]3C2=O)ccc1OCc1ccccc1Cl. The fraction of sp³-hybridized carbons (Fsp3) is 0.346. The van der Waals surface area contributed by atoms with E-state index in [9.17, 15) is 9.59 Å². The summed E-state index contributed by atoms with van der Waals surface area (Å²) in [6.07, 6.45) is 6.99. The van der Waals surface area contributed by atoms with E-state index >= 15 is 0 Å². The van der Waals surface area contributed by atoms with Gasteiger partial charge in [0, 0.05) is 10.6 Å². The minimum atomic E-state index is -0.247. The summed E-state index contributed by atoms with van der Waals surface area (Å²) in [4.78, 5) is 26.1. The lowest BCUT2D eigenvalue weighted by Gasteiger charge is -2.37. The van der Waals surface area contributed by atoms with Crippen LogP contribution < -0.4 is 9.47 Å². The van der Waals surface area contributed by atoms with Crippen molar-refractivity contribution in [3.8, 4) is 11.5 Å². The van der Waals surface area contributed by atoms with E-state index in [2.05, 4.69) is 17.3 Å². The van der Waals surface area contributed by atoms with Crippen LogP contribution in [0.4, 0.5) is 0 Å². The van der Waals surface area contributed by atoms with Crippen LogP contribution in [0.1, 0.15) is 17.5 Å². The first-order valence-corrected chi connectivity index (χ1v) is 11.6. The lowest BCUT2D eigenvalue weighted by atomic mass is 9.63. The largest absolute Gasteiger partial charge is 0.493 e. The number of amides is 2. The van der Waals surface area contributed by atoms with Gasteiger partial charge in [-0.15, -0.1) is 0 Å². The number of rotatable bonds is 6. The summed E-state index contributed by atoms with van der Waals surface area (Å²) in [6.45, 7) is 0.307. The van der Waals surface area contributed by atoms with Crippen molar-refractivity contribution in [2.45, 2.75) is 13.0 Å². The third kappa shape index (κ3) is 3.27. The number of halogens is 1. The van der Waals surface area contributed by atoms with E-state index in [-0.39, 0.29) is 35.5 Å². The highest BCUT2D eigenvalue weighted by molar-refractivity contribution is 6.31. The molecule has 168 valence electrons. The van der Waals surface area contributed by atoms with Crippen LogP contribution in [0.25, 0.3) is 0 Å². The zero-order valence-electron chi connectivity index (χ0n) is 18.1. The van der Waals surface area contributed by atoms with Gasteiger partial charge in [-0.05, 0) is 59.9 Å². The Bertz CT molecular complexity index is 1170. The van der Waals surface area contributed by atoms with Crippen LogP contribution in [0, 0.1) is 35.5 Å². The molecule has 7 rings (SSSR count). The standard InChI is InChI=1S/C26H23ClN2O4/c1-32-22-10-14(6-9-21(22)33-13-15-4-2-3-5-20(15)27)12-28-29-25(30)23-16-7-8-17(19-11-18(16)19)24(23)26(29)31/h2-10,12,16-19,23-24H,11,13H2,1H3/b28-12+/t16-,17-,18-,19-,23-,24+/m1/s1. The second-order valence-corrected chi connectivity index (χ2v) is 9.59. The summed E-state index contributed by atoms with van der Waals surface area (Å²) in [5.41, 5.74) is 1.58. The molecule has 3 fully saturated rings. The van der Waals surface area contributed by atoms with Gasteiger partial charge in [-0.25, -0.2) is 0 Å². The molecule has 6 atom stereocenters. The molecule has 2 bridgehead atoms. The number of methoxy groups -OCH3 is 1. The Morgan fingerprint density at radius 1 is 1.03 bits per heavy atom. The molecular weight excluding hydrogens is 440 g/mol. The molecular formula is C26H23ClN2O4. The first kappa shape index (κ1) is 20.5. The minimum absolute atomic E-state index is 0.169. The first-order valence-electron chi connectivity index (χ1n) is 11.2. The third-order valence-electron chi connectivity index (χ3n) is 7.49. The zero-order valence-corrected chi connectivity index (χ0v) is 18.8. The third-order valence-corrected chi connectivity index (χ3v) is 7.86. The maximum absolute atomic E-state index is 13.1. The van der Waals surface area contributed by atoms with Crippen molar-refractivity contribution in [3.05, 3.63) is 70.8 Å². The normalized spacial score (nSPS) is 31.2. The number of allylic oxidation sites excluding steroid dienone is 2. The summed E-state index contributed by atoms with van der Waals surface area (Å²) >= 11 is 6.20. The molecule has 4 aliphatic carbocycles. The number of carbonyl (C=O) groups is 2. The van der Waals surface area contributed by atoms with Gasteiger partial charge >= 0.3 is 0 Å². The maximum atomic E-state index is 13.1. The van der Waals surface area contributed by atoms with E-state index in [1.807, 2.05) is 30.3 Å². The van der Waals surface area contributed by atoms with Crippen molar-refractivity contribution in [1.82, 2.24) is 5.01 Å². The van der Waals surface area contributed by atoms with Crippen LogP contribution in [0.2, 0.25) is 5.02 Å². The molecule has 33 heavy (non-hydrogen) atoms. The average Bonchev–Trinajstić information content (AvgIpc) is 3.62. The fourth-order valence-electron chi connectivity index (χ4n) is 5.83. The Kier molecular flexibility index (Phi) is 4.80. The Balaban J connectivity index is 1.18. The Morgan fingerprint density at radius 3 is 2.39 bits per heavy atom. The molecule has 0 unspecified atom stereocenters. The molecule has 2 amide bonds. The highest BCUT2D eigenvalue weighted by atomic mass is 35.5. The van der Waals surface area contributed by atoms with Crippen LogP contribution in [0.5, 0.6) is 11.5 Å². The van der Waals surface area contributed by atoms with E-state index < -0.39 is 0 Å². The van der Waals surface area contributed by atoms with Gasteiger partial charge in [0.25, 0.3) is 11.8 Å². The van der Waals surface area contributed by atoms with Crippen LogP contribution >= 0.6 is 11.6 Å². The van der Waals surface area contributed by atoms with Gasteiger partial charge in [0.05, 0.1) is 25.2 Å². The summed E-state index contributed by atoms with van der Waals surface area (Å²) in [6, 6.07) is 12.9. The molecule has 2 aromatic rings. The van der Waals surface area contributed by atoms with Crippen LogP contribution in [-0.4, -0.2) is 30.1 Å². The molecule has 1 aliphatic heterocycles. The lowest BCUT2D eigenvalue weighted by Crippen LogP contribution is -2.40. The van der Waals surface area contributed by atoms with Gasteiger partial charge in [-0.3, -0.25) is 9.59 Å². The Labute approximate surface area is 196 Å². The van der Waals surface area contributed by atoms with E-state index in [1.165, 1.54) is 6.21 Å². The molecule has 1 heterocycles. The highest BCUT2D eigenvalue weighted by Gasteiger charge is 2.67. The predicted molar refractivity (Wildman–Crippen MR) is 123 cm³/mol. The van der Waals surface area contributed by atoms with Gasteiger partial charge < -0.3 is 9.47 Å². The molecule has 0 spiro atoms. The van der Waals surface area contributed by atoms with Crippen LogP contribution in [0.3, 0.4) is 0 Å². The Morgan fingerprint density at radius 2 is 1.73 bits per heavy atom. The van der Waals surface area contributed by atoms with Gasteiger partial charge in [0.1, 0.15) is 6.61 Å². The number of carbonyl (C=O) groups excluding carboxylic acids is 2. The number of ether oxygens (including phenoxy) is 2. The smallest absolute Gasteiger partial charge is 0.254 e. The summed E-state index contributed by atoms with van der Waals surface area (Å²) in [5.74, 6) is 1.79. The fourth-order valence-corrected chi connectivity index (χ4v) is 6.02. The zero-order chi connectivity index (χ0) is 22.7. The lowest BCUT2D eigenvalue weighted by molar-refractivity contribution is -0.140. The number of nitrogens with zero attached hydrogens (tertiary/aromatic N) is 2. The van der Waals surface area contributed by atoms with Crippen molar-refractivity contribution in [2.24, 2.45) is 40.6 Å². The number of hydrogen-bond acceptors (Lipinski definition) is 5. The monoisotopic (exact) mass is 462 g/mol. The maximum Gasteiger partial charge on any atom is 0.254 e. The molecule has 2 saturated carbocycles. The van der Waals surface area contributed by atoms with E-state index in [0.717, 1.165) is 17.0 Å². The first-order chi connectivity index (χ1) is 16.1. The quantitative estimate of drug-likeness (QED) is 0.364. The average molecular weight is 463 g/mol. The summed E-state index contributed by atoms with van der Waals surface area (Å²) < 4.78 is 11.4. The number of hydrazone groups is 1. The Hall–Kier alpha value is -3.12. The molecule has 0 radical (unpaired) electrons. The van der Waals surface area contributed by atoms with E-state index in [0.29, 0.717) is 40.5 Å². The van der Waals surface area contributed by atoms with Gasteiger partial charge in [0.2, 0.25) is 0 Å². The van der Waals surface area contributed by atoms with Gasteiger partial charge in [-0.2, -0.15) is 10.1 Å². The molecule has 7 heteroatoms. The highest BCUT2D eigenvalue weighted by Crippen LogP contribution is 2.65. The van der Waals surface area contributed by atoms with Gasteiger partial charge in [-0.1, -0.05) is 42.0 Å². The molecule has 5 aliphatic rings. The second-order valence-electron chi connectivity index (χ2n) is 9.18. The number of imide groups is 1.